The van der Waals surface area contributed by atoms with Crippen LogP contribution in [0.15, 0.2) is 18.2 Å². The van der Waals surface area contributed by atoms with E-state index < -0.39 is 6.61 Å². The smallest absolute Gasteiger partial charge is 0.387 e. The summed E-state index contributed by atoms with van der Waals surface area (Å²) in [6.07, 6.45) is 0.843. The van der Waals surface area contributed by atoms with Crippen LogP contribution in [-0.2, 0) is 9.47 Å². The maximum absolute atomic E-state index is 12.6. The van der Waals surface area contributed by atoms with E-state index in [-0.39, 0.29) is 28.9 Å². The van der Waals surface area contributed by atoms with Gasteiger partial charge in [0.1, 0.15) is 0 Å². The predicted octanol–water partition coefficient (Wildman–Crippen LogP) is 2.42. The van der Waals surface area contributed by atoms with E-state index in [1.807, 2.05) is 0 Å². The van der Waals surface area contributed by atoms with E-state index in [9.17, 15) is 13.6 Å². The van der Waals surface area contributed by atoms with Gasteiger partial charge in [0.05, 0.1) is 26.9 Å². The van der Waals surface area contributed by atoms with Gasteiger partial charge in [-0.3, -0.25) is 4.79 Å². The molecule has 140 valence electrons. The molecule has 1 aliphatic rings. The van der Waals surface area contributed by atoms with Gasteiger partial charge in [-0.2, -0.15) is 8.78 Å². The highest BCUT2D eigenvalue weighted by molar-refractivity contribution is 5.95. The molecule has 1 heterocycles. The zero-order valence-corrected chi connectivity index (χ0v) is 14.4. The number of benzene rings is 1. The Morgan fingerprint density at radius 2 is 2.08 bits per heavy atom. The molecule has 0 unspecified atom stereocenters. The molecule has 1 aromatic rings. The predicted molar refractivity (Wildman–Crippen MR) is 86.3 cm³/mol. The minimum Gasteiger partial charge on any atom is -0.493 e. The molecule has 0 radical (unpaired) electrons. The Bertz CT molecular complexity index is 570. The van der Waals surface area contributed by atoms with E-state index in [4.69, 9.17) is 14.2 Å². The molecule has 0 bridgehead atoms. The van der Waals surface area contributed by atoms with Crippen molar-refractivity contribution in [2.45, 2.75) is 13.0 Å². The van der Waals surface area contributed by atoms with Crippen LogP contribution in [0.2, 0.25) is 0 Å². The summed E-state index contributed by atoms with van der Waals surface area (Å²) in [6, 6.07) is 4.28. The Balaban J connectivity index is 1.96. The lowest BCUT2D eigenvalue weighted by Crippen LogP contribution is -2.29. The summed E-state index contributed by atoms with van der Waals surface area (Å²) in [5, 5.41) is 0. The van der Waals surface area contributed by atoms with Crippen LogP contribution in [0, 0.1) is 5.92 Å². The minimum absolute atomic E-state index is 0.151. The molecule has 1 fully saturated rings. The zero-order chi connectivity index (χ0) is 18.2. The third-order valence-corrected chi connectivity index (χ3v) is 3.99. The van der Waals surface area contributed by atoms with Crippen LogP contribution in [0.5, 0.6) is 11.5 Å². The van der Waals surface area contributed by atoms with Crippen molar-refractivity contribution in [3.8, 4) is 11.5 Å². The summed E-state index contributed by atoms with van der Waals surface area (Å²) < 4.78 is 44.8. The second kappa shape index (κ2) is 9.53. The number of carbonyl (C=O) groups is 1. The van der Waals surface area contributed by atoms with Crippen molar-refractivity contribution in [2.75, 3.05) is 47.1 Å². The van der Waals surface area contributed by atoms with Crippen LogP contribution in [0.1, 0.15) is 16.8 Å². The quantitative estimate of drug-likeness (QED) is 0.634. The minimum atomic E-state index is -2.99. The number of amides is 1. The summed E-state index contributed by atoms with van der Waals surface area (Å²) >= 11 is 0. The normalized spacial score (nSPS) is 17.2. The number of likely N-dealkylation sites (tertiary alicyclic amines) is 1. The number of methoxy groups -OCH3 is 2. The summed E-state index contributed by atoms with van der Waals surface area (Å²) in [5.41, 5.74) is 0.289. The van der Waals surface area contributed by atoms with E-state index in [0.717, 1.165) is 6.42 Å². The average molecular weight is 359 g/mol. The number of rotatable bonds is 9. The fraction of sp³-hybridized carbons (Fsp3) is 0.588. The summed E-state index contributed by atoms with van der Waals surface area (Å²) in [4.78, 5) is 14.3. The van der Waals surface area contributed by atoms with Gasteiger partial charge in [-0.1, -0.05) is 0 Å². The second-order valence-electron chi connectivity index (χ2n) is 5.72. The molecule has 25 heavy (non-hydrogen) atoms. The zero-order valence-electron chi connectivity index (χ0n) is 14.4. The van der Waals surface area contributed by atoms with E-state index in [1.54, 1.807) is 18.1 Å². The Kier molecular flexibility index (Phi) is 7.39. The molecule has 2 rings (SSSR count). The van der Waals surface area contributed by atoms with Crippen molar-refractivity contribution in [3.63, 3.8) is 0 Å². The number of ether oxygens (including phenoxy) is 4. The molecule has 6 nitrogen and oxygen atoms in total. The molecule has 0 spiro atoms. The Morgan fingerprint density at radius 1 is 1.28 bits per heavy atom. The van der Waals surface area contributed by atoms with Crippen molar-refractivity contribution in [1.82, 2.24) is 4.90 Å². The Hall–Kier alpha value is -1.93. The van der Waals surface area contributed by atoms with Crippen LogP contribution in [0.4, 0.5) is 8.78 Å². The molecule has 8 heteroatoms. The number of halogens is 2. The number of alkyl halides is 2. The van der Waals surface area contributed by atoms with E-state index in [0.29, 0.717) is 32.9 Å². The molecule has 0 saturated carbocycles. The van der Waals surface area contributed by atoms with Gasteiger partial charge in [-0.25, -0.2) is 0 Å². The molecule has 1 aliphatic heterocycles. The largest absolute Gasteiger partial charge is 0.493 e. The molecular weight excluding hydrogens is 336 g/mol. The monoisotopic (exact) mass is 359 g/mol. The fourth-order valence-corrected chi connectivity index (χ4v) is 2.73. The molecule has 1 saturated heterocycles. The SMILES string of the molecule is COCCOC[C@@H]1CCN(C(=O)c2ccc(OC)c(OC(F)F)c2)C1. The first-order chi connectivity index (χ1) is 12.0. The Labute approximate surface area is 145 Å². The van der Waals surface area contributed by atoms with Gasteiger partial charge in [-0.05, 0) is 24.6 Å². The van der Waals surface area contributed by atoms with Crippen LogP contribution < -0.4 is 9.47 Å². The van der Waals surface area contributed by atoms with Gasteiger partial charge in [0.25, 0.3) is 5.91 Å². The topological polar surface area (TPSA) is 57.2 Å². The lowest BCUT2D eigenvalue weighted by atomic mass is 10.1. The van der Waals surface area contributed by atoms with Crippen molar-refractivity contribution in [2.24, 2.45) is 5.92 Å². The molecule has 0 aromatic heterocycles. The van der Waals surface area contributed by atoms with Gasteiger partial charge in [-0.15, -0.1) is 0 Å². The first-order valence-electron chi connectivity index (χ1n) is 8.04. The standard InChI is InChI=1S/C17H23F2NO5/c1-22-7-8-24-11-12-5-6-20(10-12)16(21)13-3-4-14(23-2)15(9-13)25-17(18)19/h3-4,9,12,17H,5-8,10-11H2,1-2H3/t12-/m1/s1. The number of hydrogen-bond acceptors (Lipinski definition) is 5. The number of nitrogens with zero attached hydrogens (tertiary/aromatic N) is 1. The van der Waals surface area contributed by atoms with Crippen LogP contribution >= 0.6 is 0 Å². The summed E-state index contributed by atoms with van der Waals surface area (Å²) in [6.45, 7) is -0.186. The molecule has 1 amide bonds. The van der Waals surface area contributed by atoms with E-state index in [2.05, 4.69) is 4.74 Å². The Morgan fingerprint density at radius 3 is 2.76 bits per heavy atom. The maximum atomic E-state index is 12.6. The van der Waals surface area contributed by atoms with Crippen molar-refractivity contribution in [3.05, 3.63) is 23.8 Å². The third-order valence-electron chi connectivity index (χ3n) is 3.99. The van der Waals surface area contributed by atoms with Gasteiger partial charge in [0, 0.05) is 31.7 Å². The summed E-state index contributed by atoms with van der Waals surface area (Å²) in [5.74, 6) is 0.0432. The first-order valence-corrected chi connectivity index (χ1v) is 8.04. The highest BCUT2D eigenvalue weighted by atomic mass is 19.3. The van der Waals surface area contributed by atoms with Crippen molar-refractivity contribution in [1.29, 1.82) is 0 Å². The van der Waals surface area contributed by atoms with Gasteiger partial charge in [0.2, 0.25) is 0 Å². The molecule has 0 aliphatic carbocycles. The van der Waals surface area contributed by atoms with Gasteiger partial charge >= 0.3 is 6.61 Å². The number of hydrogen-bond donors (Lipinski definition) is 0. The van der Waals surface area contributed by atoms with Crippen LogP contribution in [0.25, 0.3) is 0 Å². The highest BCUT2D eigenvalue weighted by Crippen LogP contribution is 2.30. The van der Waals surface area contributed by atoms with E-state index >= 15 is 0 Å². The van der Waals surface area contributed by atoms with Gasteiger partial charge < -0.3 is 23.8 Å². The average Bonchev–Trinajstić information content (AvgIpc) is 3.06. The van der Waals surface area contributed by atoms with Crippen molar-refractivity contribution >= 4 is 5.91 Å². The number of carbonyl (C=O) groups excluding carboxylic acids is 1. The molecule has 1 atom stereocenters. The van der Waals surface area contributed by atoms with E-state index in [1.165, 1.54) is 19.2 Å². The molecular formula is C17H23F2NO5. The van der Waals surface area contributed by atoms with Crippen molar-refractivity contribution < 1.29 is 32.5 Å². The first kappa shape index (κ1) is 19.4. The maximum Gasteiger partial charge on any atom is 0.387 e. The third kappa shape index (κ3) is 5.54. The lowest BCUT2D eigenvalue weighted by Gasteiger charge is -2.18. The summed E-state index contributed by atoms with van der Waals surface area (Å²) in [7, 11) is 2.96. The fourth-order valence-electron chi connectivity index (χ4n) is 2.73. The van der Waals surface area contributed by atoms with Gasteiger partial charge in [0.15, 0.2) is 11.5 Å². The second-order valence-corrected chi connectivity index (χ2v) is 5.72. The van der Waals surface area contributed by atoms with Crippen LogP contribution in [0.3, 0.4) is 0 Å². The molecule has 1 aromatic carbocycles. The van der Waals surface area contributed by atoms with Crippen LogP contribution in [-0.4, -0.2) is 64.5 Å². The highest BCUT2D eigenvalue weighted by Gasteiger charge is 2.27. The lowest BCUT2D eigenvalue weighted by molar-refractivity contribution is -0.0512. The molecule has 0 N–H and O–H groups in total.